The van der Waals surface area contributed by atoms with Crippen LogP contribution >= 0.6 is 21.6 Å². The zero-order valence-electron chi connectivity index (χ0n) is 40.6. The summed E-state index contributed by atoms with van der Waals surface area (Å²) < 4.78 is 2.28. The molecule has 16 unspecified atom stereocenters. The number of guanidine groups is 1. The molecule has 368 valence electrons. The minimum Gasteiger partial charge on any atom is -0.392 e. The van der Waals surface area contributed by atoms with Crippen molar-refractivity contribution in [2.45, 2.75) is 167 Å². The molecule has 12 nitrogen and oxygen atoms in total. The van der Waals surface area contributed by atoms with Gasteiger partial charge in [0, 0.05) is 66.2 Å². The van der Waals surface area contributed by atoms with Gasteiger partial charge in [0.15, 0.2) is 11.7 Å². The molecule has 6 saturated carbocycles. The normalized spacial score (nSPS) is 45.3. The minimum absolute atomic E-state index is 0.0261. The maximum absolute atomic E-state index is 15.1. The van der Waals surface area contributed by atoms with Crippen LogP contribution in [0.25, 0.3) is 0 Å². The van der Waals surface area contributed by atoms with Crippen LogP contribution in [-0.2, 0) is 4.79 Å². The van der Waals surface area contributed by atoms with E-state index in [1.165, 1.54) is 44.1 Å². The summed E-state index contributed by atoms with van der Waals surface area (Å²) in [6.07, 6.45) is 19.3. The third-order valence-electron chi connectivity index (χ3n) is 19.9. The van der Waals surface area contributed by atoms with Crippen molar-refractivity contribution < 1.29 is 30.3 Å². The van der Waals surface area contributed by atoms with Gasteiger partial charge in [-0.25, -0.2) is 4.98 Å². The van der Waals surface area contributed by atoms with Gasteiger partial charge in [0.25, 0.3) is 0 Å². The molecular weight excluding hydrogens is 869 g/mol. The third-order valence-corrected chi connectivity index (χ3v) is 22.4. The molecular formula is C52H82N6O6S2. The van der Waals surface area contributed by atoms with E-state index in [1.807, 2.05) is 41.2 Å². The van der Waals surface area contributed by atoms with Crippen LogP contribution in [0.2, 0.25) is 0 Å². The highest BCUT2D eigenvalue weighted by Crippen LogP contribution is 2.75. The number of aliphatic imine (C=N–C) groups is 1. The first-order chi connectivity index (χ1) is 31.4. The summed E-state index contributed by atoms with van der Waals surface area (Å²) in [7, 11) is 5.54. The van der Waals surface area contributed by atoms with E-state index in [9.17, 15) is 25.5 Å². The van der Waals surface area contributed by atoms with Crippen LogP contribution in [0.4, 0.5) is 0 Å². The number of ketones is 1. The van der Waals surface area contributed by atoms with Crippen LogP contribution in [0, 0.1) is 69.0 Å². The number of nitrogens with zero attached hydrogens (tertiary/aromatic N) is 3. The van der Waals surface area contributed by atoms with E-state index in [4.69, 9.17) is 10.7 Å². The smallest absolute Gasteiger partial charge is 0.190 e. The zero-order valence-corrected chi connectivity index (χ0v) is 42.3. The molecule has 9 rings (SSSR count). The summed E-state index contributed by atoms with van der Waals surface area (Å²) in [6, 6.07) is 0.189. The number of nitrogens with two attached hydrogens (primary N) is 1. The Morgan fingerprint density at radius 3 is 2.44 bits per heavy atom. The van der Waals surface area contributed by atoms with Gasteiger partial charge in [-0.2, -0.15) is 0 Å². The summed E-state index contributed by atoms with van der Waals surface area (Å²) in [6.45, 7) is 11.6. The number of aliphatic hydroxyl groups excluding tert-OH is 4. The number of nitrogens with one attached hydrogen (secondary N) is 2. The van der Waals surface area contributed by atoms with Crippen LogP contribution in [0.5, 0.6) is 0 Å². The van der Waals surface area contributed by atoms with Crippen molar-refractivity contribution in [2.24, 2.45) is 79.7 Å². The molecule has 1 spiro atoms. The van der Waals surface area contributed by atoms with Gasteiger partial charge >= 0.3 is 0 Å². The maximum Gasteiger partial charge on any atom is 0.190 e. The fourth-order valence-electron chi connectivity index (χ4n) is 17.3. The number of imidazole rings is 1. The number of hydrogen-bond donors (Lipinski definition) is 8. The molecule has 1 aliphatic heterocycles. The van der Waals surface area contributed by atoms with Crippen molar-refractivity contribution in [3.05, 3.63) is 41.5 Å². The van der Waals surface area contributed by atoms with Gasteiger partial charge in [-0.3, -0.25) is 9.79 Å². The fraction of sp³-hybridized carbons (Fsp3) is 0.827. The van der Waals surface area contributed by atoms with Gasteiger partial charge in [0.05, 0.1) is 30.2 Å². The van der Waals surface area contributed by atoms with Gasteiger partial charge in [0.2, 0.25) is 0 Å². The fourth-order valence-corrected chi connectivity index (χ4v) is 20.0. The molecule has 7 aliphatic carbocycles. The molecule has 1 aromatic heterocycles. The molecule has 2 bridgehead atoms. The van der Waals surface area contributed by atoms with Crippen LogP contribution < -0.4 is 16.4 Å². The summed E-state index contributed by atoms with van der Waals surface area (Å²) >= 11 is 0. The van der Waals surface area contributed by atoms with Crippen LogP contribution in [0.1, 0.15) is 137 Å². The Morgan fingerprint density at radius 2 is 1.73 bits per heavy atom. The second-order valence-electron chi connectivity index (χ2n) is 23.9. The molecule has 0 aromatic carbocycles. The Balaban J connectivity index is 1.20. The SMILES string of the molecule is CNCC1C(O)C(O)CC2(C)C1C(=O)C=C1C2C(CN=C(N)NC(C)O)C2CCCC3C(O)CC(=C4CCCC5(CCCC5)C4)C(C)(C)CC(n4ccnc4)CSSCC4CC3C2(C)C14O. The lowest BCUT2D eigenvalue weighted by Gasteiger charge is -2.66. The Kier molecular flexibility index (Phi) is 13.9. The number of carbonyl (C=O) groups is 1. The quantitative estimate of drug-likeness (QED) is 0.0490. The van der Waals surface area contributed by atoms with Crippen LogP contribution in [0.3, 0.4) is 0 Å². The number of allylic oxidation sites excluding steroid dienone is 2. The van der Waals surface area contributed by atoms with E-state index >= 15 is 4.79 Å². The lowest BCUT2D eigenvalue weighted by molar-refractivity contribution is -0.198. The van der Waals surface area contributed by atoms with Crippen molar-refractivity contribution in [1.29, 1.82) is 0 Å². The topological polar surface area (TPSA) is 198 Å². The molecule has 7 fully saturated rings. The summed E-state index contributed by atoms with van der Waals surface area (Å²) in [5.41, 5.74) is 7.62. The second-order valence-corrected chi connectivity index (χ2v) is 26.4. The number of rotatable bonds is 6. The number of fused-ring (bicyclic) bond motifs is 6. The van der Waals surface area contributed by atoms with Crippen molar-refractivity contribution in [2.75, 3.05) is 31.6 Å². The maximum atomic E-state index is 15.1. The van der Waals surface area contributed by atoms with E-state index in [1.54, 1.807) is 18.6 Å². The molecule has 1 aromatic rings. The highest BCUT2D eigenvalue weighted by atomic mass is 33.1. The number of aromatic nitrogens is 2. The van der Waals surface area contributed by atoms with Gasteiger partial charge in [-0.15, -0.1) is 0 Å². The highest BCUT2D eigenvalue weighted by molar-refractivity contribution is 8.76. The molecule has 8 aliphatic rings. The van der Waals surface area contributed by atoms with Crippen molar-refractivity contribution >= 4 is 33.3 Å². The Bertz CT molecular complexity index is 2020. The third kappa shape index (κ3) is 8.20. The number of carbonyl (C=O) groups excluding carboxylic acids is 1. The lowest BCUT2D eigenvalue weighted by atomic mass is 9.39. The molecule has 2 heterocycles. The molecule has 14 heteroatoms. The molecule has 1 saturated heterocycles. The van der Waals surface area contributed by atoms with Gasteiger partial charge < -0.3 is 46.5 Å². The zero-order chi connectivity index (χ0) is 47.0. The standard InChI is InChI=1S/C52H82N6O6S2/c1-30(59)57-47(53)56-26-35-37-13-9-12-34-39-19-32(52(64,50(37,39)5)40-21-42(61)45-36(25-54-6)46(63)43(62)24-49(45,4)44(35)40)27-65-66-28-33(58-18-17-55-29-58)23-48(2,3)38(20-41(34)60)31-11-10-16-51(22-31)14-7-8-15-51/h17-18,21,29-30,32-37,39,41,43-46,54,59-60,62-64H,7-16,19-20,22-28H2,1-6H3,(H3,53,56,57). The number of aliphatic hydroxyl groups is 5. The van der Waals surface area contributed by atoms with E-state index < -0.39 is 52.8 Å². The predicted molar refractivity (Wildman–Crippen MR) is 264 cm³/mol. The predicted octanol–water partition coefficient (Wildman–Crippen LogP) is 6.79. The highest BCUT2D eigenvalue weighted by Gasteiger charge is 2.76. The molecule has 0 radical (unpaired) electrons. The van der Waals surface area contributed by atoms with Crippen LogP contribution in [-0.4, -0.2) is 109 Å². The van der Waals surface area contributed by atoms with Gasteiger partial charge in [0.1, 0.15) is 6.23 Å². The minimum atomic E-state index is -1.38. The first-order valence-electron chi connectivity index (χ1n) is 25.7. The average Bonchev–Trinajstić information content (AvgIpc) is 3.98. The van der Waals surface area contributed by atoms with E-state index in [0.717, 1.165) is 56.3 Å². The van der Waals surface area contributed by atoms with Gasteiger partial charge in [-0.1, -0.05) is 79.7 Å². The molecule has 16 atom stereocenters. The first-order valence-corrected chi connectivity index (χ1v) is 28.2. The van der Waals surface area contributed by atoms with Gasteiger partial charge in [-0.05, 0) is 149 Å². The first kappa shape index (κ1) is 49.1. The monoisotopic (exact) mass is 951 g/mol. The van der Waals surface area contributed by atoms with Crippen molar-refractivity contribution in [3.8, 4) is 0 Å². The Labute approximate surface area is 402 Å². The summed E-state index contributed by atoms with van der Waals surface area (Å²) in [5, 5.41) is 67.4. The molecule has 66 heavy (non-hydrogen) atoms. The Morgan fingerprint density at radius 1 is 0.985 bits per heavy atom. The Hall–Kier alpha value is -1.91. The van der Waals surface area contributed by atoms with E-state index in [-0.39, 0.29) is 65.1 Å². The average molecular weight is 951 g/mol. The number of hydrogen-bond acceptors (Lipinski definition) is 11. The van der Waals surface area contributed by atoms with Crippen molar-refractivity contribution in [1.82, 2.24) is 20.2 Å². The summed E-state index contributed by atoms with van der Waals surface area (Å²) in [5.74, 6) is -0.321. The molecule has 0 amide bonds. The lowest BCUT2D eigenvalue weighted by Crippen LogP contribution is -2.69. The van der Waals surface area contributed by atoms with E-state index in [2.05, 4.69) is 54.1 Å². The second kappa shape index (κ2) is 18.7. The van der Waals surface area contributed by atoms with Crippen molar-refractivity contribution in [3.63, 3.8) is 0 Å². The van der Waals surface area contributed by atoms with Crippen LogP contribution in [0.15, 0.2) is 46.5 Å². The van der Waals surface area contributed by atoms with E-state index in [0.29, 0.717) is 30.7 Å². The summed E-state index contributed by atoms with van der Waals surface area (Å²) in [4.78, 5) is 24.5. The molecule has 9 N–H and O–H groups in total. The largest absolute Gasteiger partial charge is 0.392 e.